The van der Waals surface area contributed by atoms with Crippen LogP contribution in [0.3, 0.4) is 0 Å². The van der Waals surface area contributed by atoms with Crippen LogP contribution in [0.4, 0.5) is 0 Å². The van der Waals surface area contributed by atoms with Crippen LogP contribution in [-0.4, -0.2) is 23.5 Å². The van der Waals surface area contributed by atoms with Crippen molar-refractivity contribution in [1.29, 1.82) is 0 Å². The van der Waals surface area contributed by atoms with Crippen LogP contribution >= 0.6 is 0 Å². The molecule has 0 aliphatic heterocycles. The molecule has 1 aromatic carbocycles. The number of carbonyl (C=O) groups excluding carboxylic acids is 1. The van der Waals surface area contributed by atoms with E-state index in [0.29, 0.717) is 0 Å². The van der Waals surface area contributed by atoms with E-state index >= 15 is 0 Å². The Hall–Kier alpha value is -1.91. The van der Waals surface area contributed by atoms with Gasteiger partial charge in [-0.1, -0.05) is 30.3 Å². The highest BCUT2D eigenvalue weighted by Crippen LogP contribution is 2.54. The van der Waals surface area contributed by atoms with Gasteiger partial charge in [0.05, 0.1) is 13.0 Å². The lowest BCUT2D eigenvalue weighted by atomic mass is 10.1. The Morgan fingerprint density at radius 2 is 2.12 bits per heavy atom. The van der Waals surface area contributed by atoms with Crippen molar-refractivity contribution < 1.29 is 14.5 Å². The van der Waals surface area contributed by atoms with Gasteiger partial charge in [-0.05, 0) is 5.56 Å². The fraction of sp³-hybridized carbons (Fsp3) is 0.364. The van der Waals surface area contributed by atoms with Gasteiger partial charge in [0, 0.05) is 11.3 Å². The Kier molecular flexibility index (Phi) is 2.38. The molecule has 0 N–H and O–H groups in total. The van der Waals surface area contributed by atoms with Crippen LogP contribution in [0.1, 0.15) is 17.9 Å². The number of methoxy groups -OCH3 is 1. The normalized spacial score (nSPS) is 27.2. The molecule has 5 heteroatoms. The van der Waals surface area contributed by atoms with Crippen molar-refractivity contribution in [2.45, 2.75) is 17.9 Å². The maximum Gasteiger partial charge on any atom is 0.385 e. The Labute approximate surface area is 92.2 Å². The largest absolute Gasteiger partial charge is 0.464 e. The van der Waals surface area contributed by atoms with Crippen LogP contribution in [0.25, 0.3) is 0 Å². The number of carbonyl (C=O) groups is 1. The Morgan fingerprint density at radius 3 is 2.62 bits per heavy atom. The number of esters is 1. The van der Waals surface area contributed by atoms with Gasteiger partial charge in [-0.3, -0.25) is 10.1 Å². The molecule has 0 bridgehead atoms. The first-order valence-corrected chi connectivity index (χ1v) is 4.91. The van der Waals surface area contributed by atoms with Crippen molar-refractivity contribution in [2.75, 3.05) is 7.11 Å². The molecule has 0 spiro atoms. The summed E-state index contributed by atoms with van der Waals surface area (Å²) in [4.78, 5) is 21.9. The second kappa shape index (κ2) is 3.59. The van der Waals surface area contributed by atoms with Crippen LogP contribution in [0.5, 0.6) is 0 Å². The summed E-state index contributed by atoms with van der Waals surface area (Å²) >= 11 is 0. The molecule has 0 heterocycles. The van der Waals surface area contributed by atoms with Gasteiger partial charge in [0.2, 0.25) is 0 Å². The molecular formula is C11H11NO4. The Bertz CT molecular complexity index is 431. The van der Waals surface area contributed by atoms with E-state index in [0.717, 1.165) is 5.56 Å². The molecule has 0 unspecified atom stereocenters. The number of nitrogens with zero attached hydrogens (tertiary/aromatic N) is 1. The molecular weight excluding hydrogens is 210 g/mol. The minimum Gasteiger partial charge on any atom is -0.464 e. The summed E-state index contributed by atoms with van der Waals surface area (Å²) in [6.07, 6.45) is 0.219. The lowest BCUT2D eigenvalue weighted by Crippen LogP contribution is -2.34. The fourth-order valence-electron chi connectivity index (χ4n) is 2.01. The molecule has 0 radical (unpaired) electrons. The molecule has 16 heavy (non-hydrogen) atoms. The first-order valence-electron chi connectivity index (χ1n) is 4.91. The van der Waals surface area contributed by atoms with Crippen molar-refractivity contribution >= 4 is 5.97 Å². The zero-order valence-electron chi connectivity index (χ0n) is 8.75. The summed E-state index contributed by atoms with van der Waals surface area (Å²) in [6.45, 7) is 0. The lowest BCUT2D eigenvalue weighted by Gasteiger charge is -2.06. The quantitative estimate of drug-likeness (QED) is 0.439. The van der Waals surface area contributed by atoms with Crippen LogP contribution in [0, 0.1) is 10.1 Å². The molecule has 1 aliphatic rings. The van der Waals surface area contributed by atoms with Gasteiger partial charge in [-0.15, -0.1) is 0 Å². The van der Waals surface area contributed by atoms with Crippen molar-refractivity contribution in [3.05, 3.63) is 46.0 Å². The monoisotopic (exact) mass is 221 g/mol. The fourth-order valence-corrected chi connectivity index (χ4v) is 2.01. The van der Waals surface area contributed by atoms with Crippen molar-refractivity contribution in [3.63, 3.8) is 0 Å². The zero-order chi connectivity index (χ0) is 11.8. The van der Waals surface area contributed by atoms with Gasteiger partial charge in [0.25, 0.3) is 0 Å². The maximum atomic E-state index is 11.5. The maximum absolute atomic E-state index is 11.5. The molecule has 84 valence electrons. The summed E-state index contributed by atoms with van der Waals surface area (Å²) < 4.78 is 4.51. The predicted molar refractivity (Wildman–Crippen MR) is 55.5 cm³/mol. The molecule has 1 fully saturated rings. The average molecular weight is 221 g/mol. The Balaban J connectivity index is 2.30. The zero-order valence-corrected chi connectivity index (χ0v) is 8.75. The summed E-state index contributed by atoms with van der Waals surface area (Å²) in [7, 11) is 1.17. The van der Waals surface area contributed by atoms with Crippen LogP contribution in [0.2, 0.25) is 0 Å². The smallest absolute Gasteiger partial charge is 0.385 e. The standard InChI is InChI=1S/C11H11NO4/c1-16-10(13)11(12(14)15)7-9(11)8-5-3-2-4-6-8/h2-6,9H,7H2,1H3/t9-,11-/m0/s1. The lowest BCUT2D eigenvalue weighted by molar-refractivity contribution is -0.526. The topological polar surface area (TPSA) is 69.4 Å². The molecule has 0 aromatic heterocycles. The van der Waals surface area contributed by atoms with E-state index in [4.69, 9.17) is 0 Å². The molecule has 1 saturated carbocycles. The van der Waals surface area contributed by atoms with Gasteiger partial charge in [-0.2, -0.15) is 0 Å². The van der Waals surface area contributed by atoms with E-state index in [9.17, 15) is 14.9 Å². The van der Waals surface area contributed by atoms with E-state index in [1.807, 2.05) is 6.07 Å². The first-order chi connectivity index (χ1) is 7.63. The number of benzene rings is 1. The van der Waals surface area contributed by atoms with Crippen LogP contribution in [0.15, 0.2) is 30.3 Å². The van der Waals surface area contributed by atoms with Gasteiger partial charge >= 0.3 is 11.5 Å². The molecule has 1 aromatic rings. The Morgan fingerprint density at radius 1 is 1.50 bits per heavy atom. The van der Waals surface area contributed by atoms with Gasteiger partial charge in [0.1, 0.15) is 0 Å². The van der Waals surface area contributed by atoms with E-state index in [-0.39, 0.29) is 12.3 Å². The number of nitro groups is 1. The van der Waals surface area contributed by atoms with Crippen molar-refractivity contribution in [3.8, 4) is 0 Å². The predicted octanol–water partition coefficient (Wildman–Crippen LogP) is 1.36. The third-order valence-corrected chi connectivity index (χ3v) is 3.00. The van der Waals surface area contributed by atoms with Crippen molar-refractivity contribution in [1.82, 2.24) is 0 Å². The second-order valence-corrected chi connectivity index (χ2v) is 3.84. The molecule has 5 nitrogen and oxygen atoms in total. The SMILES string of the molecule is COC(=O)[C@]1([N+](=O)[O-])C[C@H]1c1ccccc1. The van der Waals surface area contributed by atoms with E-state index < -0.39 is 16.4 Å². The van der Waals surface area contributed by atoms with E-state index in [2.05, 4.69) is 4.74 Å². The van der Waals surface area contributed by atoms with Gasteiger partial charge in [-0.25, -0.2) is 4.79 Å². The van der Waals surface area contributed by atoms with Gasteiger partial charge in [0.15, 0.2) is 0 Å². The third-order valence-electron chi connectivity index (χ3n) is 3.00. The number of hydrogen-bond donors (Lipinski definition) is 0. The first kappa shape index (κ1) is 10.6. The number of hydrogen-bond acceptors (Lipinski definition) is 4. The molecule has 0 amide bonds. The molecule has 0 saturated heterocycles. The number of ether oxygens (including phenoxy) is 1. The summed E-state index contributed by atoms with van der Waals surface area (Å²) in [6, 6.07) is 9.01. The summed E-state index contributed by atoms with van der Waals surface area (Å²) in [5, 5.41) is 11.0. The summed E-state index contributed by atoms with van der Waals surface area (Å²) in [5.41, 5.74) is -0.750. The van der Waals surface area contributed by atoms with Crippen LogP contribution in [-0.2, 0) is 9.53 Å². The van der Waals surface area contributed by atoms with E-state index in [1.165, 1.54) is 7.11 Å². The number of rotatable bonds is 3. The summed E-state index contributed by atoms with van der Waals surface area (Å²) in [5.74, 6) is -1.12. The van der Waals surface area contributed by atoms with Crippen molar-refractivity contribution in [2.24, 2.45) is 0 Å². The molecule has 2 atom stereocenters. The third kappa shape index (κ3) is 1.36. The molecule has 2 rings (SSSR count). The van der Waals surface area contributed by atoms with Crippen LogP contribution < -0.4 is 0 Å². The minimum absolute atomic E-state index is 0.219. The molecule has 1 aliphatic carbocycles. The highest BCUT2D eigenvalue weighted by atomic mass is 16.6. The second-order valence-electron chi connectivity index (χ2n) is 3.84. The average Bonchev–Trinajstić information content (AvgIpc) is 3.06. The minimum atomic E-state index is -1.56. The van der Waals surface area contributed by atoms with Gasteiger partial charge < -0.3 is 4.74 Å². The highest BCUT2D eigenvalue weighted by Gasteiger charge is 2.73. The van der Waals surface area contributed by atoms with E-state index in [1.54, 1.807) is 24.3 Å². The highest BCUT2D eigenvalue weighted by molar-refractivity contribution is 5.85.